The highest BCUT2D eigenvalue weighted by Gasteiger charge is 2.34. The van der Waals surface area contributed by atoms with Gasteiger partial charge in [0.2, 0.25) is 0 Å². The van der Waals surface area contributed by atoms with Gasteiger partial charge in [0.1, 0.15) is 11.9 Å². The first kappa shape index (κ1) is 14.2. The largest absolute Gasteiger partial charge is 0.370 e. The standard InChI is InChI=1S/C14H23N3O2/c1-3-7-15-9-11-8-12(18)17-14(16-11)13(19-4-2)10-5-6-10/h8,10,13,15H,3-7,9H2,1-2H3,(H,16,17,18). The van der Waals surface area contributed by atoms with E-state index in [9.17, 15) is 4.79 Å². The van der Waals surface area contributed by atoms with Crippen molar-refractivity contribution in [2.45, 2.75) is 45.8 Å². The molecule has 106 valence electrons. The van der Waals surface area contributed by atoms with Crippen LogP contribution in [0.5, 0.6) is 0 Å². The highest BCUT2D eigenvalue weighted by molar-refractivity contribution is 5.07. The smallest absolute Gasteiger partial charge is 0.251 e. The molecule has 0 saturated heterocycles. The Morgan fingerprint density at radius 3 is 2.95 bits per heavy atom. The number of H-pyrrole nitrogens is 1. The molecule has 0 aliphatic heterocycles. The average molecular weight is 265 g/mol. The van der Waals surface area contributed by atoms with Crippen molar-refractivity contribution in [3.8, 4) is 0 Å². The number of aromatic amines is 1. The van der Waals surface area contributed by atoms with Gasteiger partial charge in [-0.05, 0) is 38.6 Å². The quantitative estimate of drug-likeness (QED) is 0.703. The molecule has 5 heteroatoms. The molecule has 1 unspecified atom stereocenters. The molecular weight excluding hydrogens is 242 g/mol. The summed E-state index contributed by atoms with van der Waals surface area (Å²) in [6.07, 6.45) is 3.34. The van der Waals surface area contributed by atoms with Crippen LogP contribution >= 0.6 is 0 Å². The fraction of sp³-hybridized carbons (Fsp3) is 0.714. The van der Waals surface area contributed by atoms with Crippen LogP contribution in [0.25, 0.3) is 0 Å². The molecule has 5 nitrogen and oxygen atoms in total. The molecule has 19 heavy (non-hydrogen) atoms. The van der Waals surface area contributed by atoms with E-state index in [0.717, 1.165) is 31.5 Å². The first-order valence-corrected chi connectivity index (χ1v) is 7.17. The monoisotopic (exact) mass is 265 g/mol. The minimum atomic E-state index is -0.0938. The Bertz CT molecular complexity index is 454. The zero-order valence-corrected chi connectivity index (χ0v) is 11.7. The van der Waals surface area contributed by atoms with E-state index in [1.807, 2.05) is 6.92 Å². The van der Waals surface area contributed by atoms with Crippen LogP contribution in [0.3, 0.4) is 0 Å². The van der Waals surface area contributed by atoms with Gasteiger partial charge in [-0.25, -0.2) is 4.98 Å². The van der Waals surface area contributed by atoms with Crippen LogP contribution in [-0.4, -0.2) is 23.1 Å². The molecular formula is C14H23N3O2. The molecule has 2 N–H and O–H groups in total. The summed E-state index contributed by atoms with van der Waals surface area (Å²) < 4.78 is 5.73. The van der Waals surface area contributed by atoms with Crippen molar-refractivity contribution in [1.82, 2.24) is 15.3 Å². The summed E-state index contributed by atoms with van der Waals surface area (Å²) in [6.45, 7) is 6.29. The number of ether oxygens (including phenoxy) is 1. The molecule has 2 rings (SSSR count). The van der Waals surface area contributed by atoms with Crippen molar-refractivity contribution >= 4 is 0 Å². The summed E-state index contributed by atoms with van der Waals surface area (Å²) >= 11 is 0. The maximum Gasteiger partial charge on any atom is 0.251 e. The van der Waals surface area contributed by atoms with Gasteiger partial charge in [-0.15, -0.1) is 0 Å². The van der Waals surface area contributed by atoms with E-state index in [1.165, 1.54) is 0 Å². The molecule has 1 aliphatic rings. The fourth-order valence-electron chi connectivity index (χ4n) is 2.16. The second-order valence-corrected chi connectivity index (χ2v) is 5.01. The number of rotatable bonds is 8. The molecule has 1 aromatic rings. The van der Waals surface area contributed by atoms with E-state index in [2.05, 4.69) is 22.2 Å². The third-order valence-corrected chi connectivity index (χ3v) is 3.21. The molecule has 0 radical (unpaired) electrons. The molecule has 0 aromatic carbocycles. The SMILES string of the molecule is CCCNCc1cc(=O)[nH]c(C(OCC)C2CC2)n1. The molecule has 0 spiro atoms. The molecule has 1 fully saturated rings. The van der Waals surface area contributed by atoms with Crippen molar-refractivity contribution in [3.05, 3.63) is 27.9 Å². The Morgan fingerprint density at radius 2 is 2.32 bits per heavy atom. The normalized spacial score (nSPS) is 16.5. The van der Waals surface area contributed by atoms with Gasteiger partial charge < -0.3 is 15.0 Å². The van der Waals surface area contributed by atoms with Crippen molar-refractivity contribution in [3.63, 3.8) is 0 Å². The second-order valence-electron chi connectivity index (χ2n) is 5.01. The molecule has 0 bridgehead atoms. The van der Waals surface area contributed by atoms with Gasteiger partial charge in [-0.1, -0.05) is 6.92 Å². The van der Waals surface area contributed by atoms with Crippen LogP contribution in [-0.2, 0) is 11.3 Å². The van der Waals surface area contributed by atoms with E-state index >= 15 is 0 Å². The maximum atomic E-state index is 11.7. The minimum Gasteiger partial charge on any atom is -0.370 e. The van der Waals surface area contributed by atoms with Crippen molar-refractivity contribution < 1.29 is 4.74 Å². The van der Waals surface area contributed by atoms with Crippen LogP contribution in [0.2, 0.25) is 0 Å². The summed E-state index contributed by atoms with van der Waals surface area (Å²) in [7, 11) is 0. The fourth-order valence-corrected chi connectivity index (χ4v) is 2.16. The third-order valence-electron chi connectivity index (χ3n) is 3.21. The van der Waals surface area contributed by atoms with E-state index in [1.54, 1.807) is 6.07 Å². The van der Waals surface area contributed by atoms with E-state index in [0.29, 0.717) is 24.9 Å². The summed E-state index contributed by atoms with van der Waals surface area (Å²) in [5.74, 6) is 1.20. The number of hydrogen-bond donors (Lipinski definition) is 2. The lowest BCUT2D eigenvalue weighted by molar-refractivity contribution is 0.0397. The third kappa shape index (κ3) is 4.14. The van der Waals surface area contributed by atoms with Gasteiger partial charge >= 0.3 is 0 Å². The first-order valence-electron chi connectivity index (χ1n) is 7.17. The molecule has 1 aromatic heterocycles. The van der Waals surface area contributed by atoms with E-state index in [-0.39, 0.29) is 11.7 Å². The van der Waals surface area contributed by atoms with Crippen LogP contribution in [0.1, 0.15) is 50.7 Å². The van der Waals surface area contributed by atoms with Crippen molar-refractivity contribution in [2.24, 2.45) is 5.92 Å². The van der Waals surface area contributed by atoms with Gasteiger partial charge in [0.05, 0.1) is 5.69 Å². The van der Waals surface area contributed by atoms with Gasteiger partial charge in [-0.2, -0.15) is 0 Å². The molecule has 1 aliphatic carbocycles. The number of aromatic nitrogens is 2. The lowest BCUT2D eigenvalue weighted by Gasteiger charge is -2.16. The Labute approximate surface area is 113 Å². The van der Waals surface area contributed by atoms with Crippen LogP contribution in [0.15, 0.2) is 10.9 Å². The van der Waals surface area contributed by atoms with Gasteiger partial charge in [0.25, 0.3) is 5.56 Å². The van der Waals surface area contributed by atoms with Crippen molar-refractivity contribution in [1.29, 1.82) is 0 Å². The highest BCUT2D eigenvalue weighted by atomic mass is 16.5. The van der Waals surface area contributed by atoms with E-state index in [4.69, 9.17) is 4.74 Å². The van der Waals surface area contributed by atoms with Crippen LogP contribution in [0.4, 0.5) is 0 Å². The van der Waals surface area contributed by atoms with Gasteiger partial charge in [0, 0.05) is 19.2 Å². The zero-order valence-electron chi connectivity index (χ0n) is 11.7. The van der Waals surface area contributed by atoms with Crippen LogP contribution in [0, 0.1) is 5.92 Å². The Balaban J connectivity index is 2.12. The summed E-state index contributed by atoms with van der Waals surface area (Å²) in [5, 5.41) is 3.27. The van der Waals surface area contributed by atoms with E-state index < -0.39 is 0 Å². The summed E-state index contributed by atoms with van der Waals surface area (Å²) in [5.41, 5.74) is 0.696. The molecule has 1 atom stereocenters. The Morgan fingerprint density at radius 1 is 1.53 bits per heavy atom. The second kappa shape index (κ2) is 6.82. The Hall–Kier alpha value is -1.20. The summed E-state index contributed by atoms with van der Waals surface area (Å²) in [6, 6.07) is 1.56. The minimum absolute atomic E-state index is 0.0520. The number of nitrogens with zero attached hydrogens (tertiary/aromatic N) is 1. The predicted octanol–water partition coefficient (Wildman–Crippen LogP) is 1.76. The average Bonchev–Trinajstić information content (AvgIpc) is 3.20. The first-order chi connectivity index (χ1) is 9.24. The maximum absolute atomic E-state index is 11.7. The van der Waals surface area contributed by atoms with Crippen molar-refractivity contribution in [2.75, 3.05) is 13.2 Å². The Kier molecular flexibility index (Phi) is 5.10. The lowest BCUT2D eigenvalue weighted by Crippen LogP contribution is -2.22. The van der Waals surface area contributed by atoms with Gasteiger partial charge in [0.15, 0.2) is 0 Å². The molecule has 1 heterocycles. The van der Waals surface area contributed by atoms with Crippen LogP contribution < -0.4 is 10.9 Å². The number of nitrogens with one attached hydrogen (secondary N) is 2. The molecule has 0 amide bonds. The predicted molar refractivity (Wildman–Crippen MR) is 73.9 cm³/mol. The zero-order chi connectivity index (χ0) is 13.7. The molecule has 1 saturated carbocycles. The highest BCUT2D eigenvalue weighted by Crippen LogP contribution is 2.41. The summed E-state index contributed by atoms with van der Waals surface area (Å²) in [4.78, 5) is 19.1. The van der Waals surface area contributed by atoms with Gasteiger partial charge in [-0.3, -0.25) is 4.79 Å². The number of hydrogen-bond acceptors (Lipinski definition) is 4. The lowest BCUT2D eigenvalue weighted by atomic mass is 10.2. The topological polar surface area (TPSA) is 67.0 Å².